The number of nitrogens with one attached hydrogen (secondary N) is 1. The summed E-state index contributed by atoms with van der Waals surface area (Å²) in [5.41, 5.74) is 1.14. The summed E-state index contributed by atoms with van der Waals surface area (Å²) in [6.07, 6.45) is 1.99. The van der Waals surface area contributed by atoms with E-state index in [1.165, 1.54) is 12.2 Å². The fourth-order valence-corrected chi connectivity index (χ4v) is 3.26. The summed E-state index contributed by atoms with van der Waals surface area (Å²) in [5, 5.41) is 22.1. The smallest absolute Gasteiger partial charge is 0.115 e. The van der Waals surface area contributed by atoms with Gasteiger partial charge in [0.05, 0.1) is 6.61 Å². The van der Waals surface area contributed by atoms with E-state index >= 15 is 0 Å². The molecule has 3 N–H and O–H groups in total. The lowest BCUT2D eigenvalue weighted by Gasteiger charge is -2.20. The summed E-state index contributed by atoms with van der Waals surface area (Å²) in [4.78, 5) is 0. The van der Waals surface area contributed by atoms with Crippen molar-refractivity contribution in [2.45, 2.75) is 24.9 Å². The lowest BCUT2D eigenvalue weighted by molar-refractivity contribution is 0.233. The van der Waals surface area contributed by atoms with Crippen LogP contribution in [0.2, 0.25) is 0 Å². The van der Waals surface area contributed by atoms with Gasteiger partial charge in [-0.05, 0) is 36.3 Å². The second-order valence-corrected chi connectivity index (χ2v) is 5.63. The number of aromatic hydroxyl groups is 1. The standard InChI is InChI=1S/C13H19NO2S/c15-8-12(14-11-5-6-17-9-11)7-10-1-3-13(16)4-2-10/h1-4,11-12,14-16H,5-9H2/t11-,12+/m1/s1. The molecule has 1 aliphatic rings. The first-order valence-corrected chi connectivity index (χ1v) is 7.16. The number of aliphatic hydroxyl groups excluding tert-OH is 1. The second kappa shape index (κ2) is 6.28. The van der Waals surface area contributed by atoms with Crippen LogP contribution in [0.3, 0.4) is 0 Å². The van der Waals surface area contributed by atoms with Crippen molar-refractivity contribution in [2.24, 2.45) is 0 Å². The van der Waals surface area contributed by atoms with Gasteiger partial charge in [-0.2, -0.15) is 11.8 Å². The van der Waals surface area contributed by atoms with Gasteiger partial charge in [0.1, 0.15) is 5.75 Å². The Labute approximate surface area is 106 Å². The summed E-state index contributed by atoms with van der Waals surface area (Å²) in [7, 11) is 0. The molecule has 1 heterocycles. The summed E-state index contributed by atoms with van der Waals surface area (Å²) in [6, 6.07) is 7.84. The summed E-state index contributed by atoms with van der Waals surface area (Å²) in [5.74, 6) is 2.65. The molecule has 0 aromatic heterocycles. The lowest BCUT2D eigenvalue weighted by Crippen LogP contribution is -2.41. The van der Waals surface area contributed by atoms with Crippen molar-refractivity contribution in [1.29, 1.82) is 0 Å². The summed E-state index contributed by atoms with van der Waals surface area (Å²) >= 11 is 1.97. The zero-order valence-corrected chi connectivity index (χ0v) is 10.6. The predicted molar refractivity (Wildman–Crippen MR) is 71.6 cm³/mol. The molecule has 0 unspecified atom stereocenters. The SMILES string of the molecule is OC[C@H](Cc1ccc(O)cc1)N[C@@H]1CCSC1. The van der Waals surface area contributed by atoms with E-state index in [2.05, 4.69) is 5.32 Å². The molecular weight excluding hydrogens is 234 g/mol. The van der Waals surface area contributed by atoms with Gasteiger partial charge in [0.2, 0.25) is 0 Å². The molecule has 4 heteroatoms. The molecule has 1 fully saturated rings. The van der Waals surface area contributed by atoms with Gasteiger partial charge < -0.3 is 15.5 Å². The van der Waals surface area contributed by atoms with Crippen LogP contribution in [0.25, 0.3) is 0 Å². The maximum absolute atomic E-state index is 9.38. The van der Waals surface area contributed by atoms with Crippen LogP contribution in [0, 0.1) is 0 Å². The van der Waals surface area contributed by atoms with E-state index < -0.39 is 0 Å². The first kappa shape index (κ1) is 12.7. The molecule has 0 radical (unpaired) electrons. The van der Waals surface area contributed by atoms with E-state index in [0.717, 1.165) is 17.7 Å². The Hall–Kier alpha value is -0.710. The third-order valence-corrected chi connectivity index (χ3v) is 4.20. The fraction of sp³-hybridized carbons (Fsp3) is 0.538. The molecule has 0 amide bonds. The highest BCUT2D eigenvalue weighted by atomic mass is 32.2. The van der Waals surface area contributed by atoms with E-state index in [1.54, 1.807) is 12.1 Å². The summed E-state index contributed by atoms with van der Waals surface area (Å²) in [6.45, 7) is 0.155. The normalized spacial score (nSPS) is 21.6. The maximum atomic E-state index is 9.38. The van der Waals surface area contributed by atoms with Gasteiger partial charge >= 0.3 is 0 Å². The fourth-order valence-electron chi connectivity index (χ4n) is 2.09. The molecule has 2 rings (SSSR count). The van der Waals surface area contributed by atoms with E-state index in [0.29, 0.717) is 6.04 Å². The minimum atomic E-state index is 0.114. The number of hydrogen-bond donors (Lipinski definition) is 3. The third-order valence-electron chi connectivity index (χ3n) is 3.04. The molecule has 0 aliphatic carbocycles. The largest absolute Gasteiger partial charge is 0.508 e. The third kappa shape index (κ3) is 3.91. The lowest BCUT2D eigenvalue weighted by atomic mass is 10.1. The van der Waals surface area contributed by atoms with Gasteiger partial charge in [-0.25, -0.2) is 0 Å². The Kier molecular flexibility index (Phi) is 4.71. The Morgan fingerprint density at radius 2 is 2.12 bits per heavy atom. The van der Waals surface area contributed by atoms with Gasteiger partial charge in [-0.3, -0.25) is 0 Å². The molecule has 0 bridgehead atoms. The average molecular weight is 253 g/mol. The van der Waals surface area contributed by atoms with Crippen molar-refractivity contribution in [1.82, 2.24) is 5.32 Å². The van der Waals surface area contributed by atoms with E-state index in [9.17, 15) is 10.2 Å². The van der Waals surface area contributed by atoms with Crippen molar-refractivity contribution in [3.8, 4) is 5.75 Å². The zero-order valence-electron chi connectivity index (χ0n) is 9.80. The molecule has 0 spiro atoms. The van der Waals surface area contributed by atoms with Crippen molar-refractivity contribution >= 4 is 11.8 Å². The molecule has 1 saturated heterocycles. The molecule has 0 saturated carbocycles. The zero-order chi connectivity index (χ0) is 12.1. The Morgan fingerprint density at radius 1 is 1.35 bits per heavy atom. The predicted octanol–water partition coefficient (Wildman–Crippen LogP) is 1.39. The number of phenols is 1. The summed E-state index contributed by atoms with van der Waals surface area (Å²) < 4.78 is 0. The molecule has 3 nitrogen and oxygen atoms in total. The van der Waals surface area contributed by atoms with Crippen LogP contribution in [0.1, 0.15) is 12.0 Å². The van der Waals surface area contributed by atoms with E-state index in [-0.39, 0.29) is 18.4 Å². The first-order valence-electron chi connectivity index (χ1n) is 6.00. The molecule has 1 aromatic rings. The van der Waals surface area contributed by atoms with Crippen LogP contribution < -0.4 is 5.32 Å². The number of rotatable bonds is 5. The first-order chi connectivity index (χ1) is 8.28. The second-order valence-electron chi connectivity index (χ2n) is 4.48. The molecular formula is C13H19NO2S. The van der Waals surface area contributed by atoms with Gasteiger partial charge in [-0.1, -0.05) is 12.1 Å². The molecule has 17 heavy (non-hydrogen) atoms. The molecule has 2 atom stereocenters. The highest BCUT2D eigenvalue weighted by molar-refractivity contribution is 7.99. The van der Waals surface area contributed by atoms with Gasteiger partial charge in [0.15, 0.2) is 0 Å². The van der Waals surface area contributed by atoms with Crippen LogP contribution >= 0.6 is 11.8 Å². The number of hydrogen-bond acceptors (Lipinski definition) is 4. The van der Waals surface area contributed by atoms with Crippen molar-refractivity contribution in [3.63, 3.8) is 0 Å². The number of benzene rings is 1. The van der Waals surface area contributed by atoms with Crippen molar-refractivity contribution in [2.75, 3.05) is 18.1 Å². The minimum absolute atomic E-state index is 0.114. The highest BCUT2D eigenvalue weighted by Crippen LogP contribution is 2.18. The van der Waals surface area contributed by atoms with Gasteiger partial charge in [0.25, 0.3) is 0 Å². The van der Waals surface area contributed by atoms with Crippen LogP contribution in [-0.4, -0.2) is 40.4 Å². The quantitative estimate of drug-likeness (QED) is 0.742. The topological polar surface area (TPSA) is 52.5 Å². The Morgan fingerprint density at radius 3 is 2.71 bits per heavy atom. The molecule has 94 valence electrons. The maximum Gasteiger partial charge on any atom is 0.115 e. The number of aliphatic hydroxyl groups is 1. The van der Waals surface area contributed by atoms with Crippen LogP contribution in [0.15, 0.2) is 24.3 Å². The van der Waals surface area contributed by atoms with Crippen LogP contribution in [-0.2, 0) is 6.42 Å². The molecule has 1 aliphatic heterocycles. The van der Waals surface area contributed by atoms with Crippen LogP contribution in [0.5, 0.6) is 5.75 Å². The minimum Gasteiger partial charge on any atom is -0.508 e. The van der Waals surface area contributed by atoms with Crippen LogP contribution in [0.4, 0.5) is 0 Å². The number of phenolic OH excluding ortho intramolecular Hbond substituents is 1. The van der Waals surface area contributed by atoms with E-state index in [1.807, 2.05) is 23.9 Å². The highest BCUT2D eigenvalue weighted by Gasteiger charge is 2.19. The van der Waals surface area contributed by atoms with Crippen molar-refractivity contribution in [3.05, 3.63) is 29.8 Å². The monoisotopic (exact) mass is 253 g/mol. The van der Waals surface area contributed by atoms with Gasteiger partial charge in [0, 0.05) is 17.8 Å². The Bertz CT molecular complexity index is 336. The molecule has 1 aromatic carbocycles. The van der Waals surface area contributed by atoms with Crippen molar-refractivity contribution < 1.29 is 10.2 Å². The average Bonchev–Trinajstić information content (AvgIpc) is 2.84. The number of thioether (sulfide) groups is 1. The van der Waals surface area contributed by atoms with Gasteiger partial charge in [-0.15, -0.1) is 0 Å². The van der Waals surface area contributed by atoms with E-state index in [4.69, 9.17) is 0 Å². The Balaban J connectivity index is 1.87.